The molecule has 1 aromatic heterocycles. The van der Waals surface area contributed by atoms with E-state index in [-0.39, 0.29) is 16.6 Å². The quantitative estimate of drug-likeness (QED) is 0.740. The maximum absolute atomic E-state index is 13.1. The number of carbonyl (C=O) groups excluding carboxylic acids is 2. The van der Waals surface area contributed by atoms with Crippen LogP contribution in [0.4, 0.5) is 5.69 Å². The predicted molar refractivity (Wildman–Crippen MR) is 106 cm³/mol. The lowest BCUT2D eigenvalue weighted by atomic mass is 10.2. The molecular formula is C20H24ClN3O3. The van der Waals surface area contributed by atoms with E-state index >= 15 is 0 Å². The molecule has 0 bridgehead atoms. The van der Waals surface area contributed by atoms with Crippen LogP contribution in [0.15, 0.2) is 42.5 Å². The Bertz CT molecular complexity index is 783. The second-order valence-corrected chi connectivity index (χ2v) is 6.35. The van der Waals surface area contributed by atoms with Gasteiger partial charge in [0.1, 0.15) is 6.04 Å². The van der Waals surface area contributed by atoms with Gasteiger partial charge in [0.2, 0.25) is 11.8 Å². The molecule has 0 aliphatic rings. The van der Waals surface area contributed by atoms with Crippen molar-refractivity contribution in [3.63, 3.8) is 0 Å². The highest BCUT2D eigenvalue weighted by atomic mass is 35.5. The van der Waals surface area contributed by atoms with Crippen LogP contribution in [0.25, 0.3) is 0 Å². The summed E-state index contributed by atoms with van der Waals surface area (Å²) < 4.78 is 5.36. The summed E-state index contributed by atoms with van der Waals surface area (Å²) in [7, 11) is 0. The minimum absolute atomic E-state index is 0.0791. The molecule has 2 amide bonds. The summed E-state index contributed by atoms with van der Waals surface area (Å²) in [5, 5.41) is 3.04. The van der Waals surface area contributed by atoms with Crippen LogP contribution < -0.4 is 10.1 Å². The van der Waals surface area contributed by atoms with Crippen molar-refractivity contribution < 1.29 is 14.3 Å². The van der Waals surface area contributed by atoms with E-state index in [2.05, 4.69) is 10.3 Å². The third-order valence-electron chi connectivity index (χ3n) is 3.93. The molecule has 1 unspecified atom stereocenters. The summed E-state index contributed by atoms with van der Waals surface area (Å²) in [6.07, 6.45) is 0.692. The zero-order chi connectivity index (χ0) is 19.8. The molecule has 27 heavy (non-hydrogen) atoms. The number of para-hydroxylation sites is 1. The van der Waals surface area contributed by atoms with Gasteiger partial charge in [-0.1, -0.05) is 36.7 Å². The van der Waals surface area contributed by atoms with E-state index in [0.717, 1.165) is 0 Å². The first kappa shape index (κ1) is 20.7. The number of nitrogens with one attached hydrogen (secondary N) is 1. The van der Waals surface area contributed by atoms with Crippen molar-refractivity contribution in [2.45, 2.75) is 33.2 Å². The van der Waals surface area contributed by atoms with Crippen molar-refractivity contribution >= 4 is 29.1 Å². The molecule has 0 spiro atoms. The van der Waals surface area contributed by atoms with Crippen molar-refractivity contribution in [3.8, 4) is 5.88 Å². The number of halogens is 1. The molecular weight excluding hydrogens is 366 g/mol. The lowest BCUT2D eigenvalue weighted by Gasteiger charge is -2.28. The number of hydrogen-bond acceptors (Lipinski definition) is 4. The topological polar surface area (TPSA) is 71.5 Å². The summed E-state index contributed by atoms with van der Waals surface area (Å²) in [5.74, 6) is -0.359. The third kappa shape index (κ3) is 5.44. The molecule has 0 aliphatic carbocycles. The van der Waals surface area contributed by atoms with Crippen LogP contribution in [0.5, 0.6) is 5.88 Å². The van der Waals surface area contributed by atoms with Gasteiger partial charge in [0.25, 0.3) is 5.91 Å². The number of hydrogen-bond donors (Lipinski definition) is 1. The number of aromatic nitrogens is 1. The highest BCUT2D eigenvalue weighted by molar-refractivity contribution is 6.33. The van der Waals surface area contributed by atoms with Crippen LogP contribution in [0.1, 0.15) is 37.7 Å². The minimum atomic E-state index is -0.689. The molecule has 144 valence electrons. The average molecular weight is 390 g/mol. The van der Waals surface area contributed by atoms with Gasteiger partial charge in [0.05, 0.1) is 11.6 Å². The zero-order valence-electron chi connectivity index (χ0n) is 15.7. The molecule has 7 heteroatoms. The summed E-state index contributed by atoms with van der Waals surface area (Å²) in [4.78, 5) is 31.4. The first-order valence-electron chi connectivity index (χ1n) is 8.94. The second-order valence-electron chi connectivity index (χ2n) is 5.94. The third-order valence-corrected chi connectivity index (χ3v) is 4.23. The van der Waals surface area contributed by atoms with E-state index < -0.39 is 11.9 Å². The fourth-order valence-electron chi connectivity index (χ4n) is 2.56. The number of pyridine rings is 1. The van der Waals surface area contributed by atoms with E-state index in [1.807, 2.05) is 32.0 Å². The van der Waals surface area contributed by atoms with Crippen molar-refractivity contribution in [3.05, 3.63) is 53.2 Å². The number of ether oxygens (including phenoxy) is 1. The van der Waals surface area contributed by atoms with Crippen molar-refractivity contribution in [2.24, 2.45) is 0 Å². The monoisotopic (exact) mass is 389 g/mol. The van der Waals surface area contributed by atoms with Crippen molar-refractivity contribution in [2.75, 3.05) is 18.5 Å². The van der Waals surface area contributed by atoms with E-state index in [9.17, 15) is 9.59 Å². The Kier molecular flexibility index (Phi) is 7.61. The van der Waals surface area contributed by atoms with Gasteiger partial charge < -0.3 is 15.0 Å². The fourth-order valence-corrected chi connectivity index (χ4v) is 2.75. The first-order chi connectivity index (χ1) is 13.0. The SMILES string of the molecule is CCCN(C(=O)c1nc(OCC)ccc1Cl)C(C)C(=O)Nc1ccccc1. The number of amides is 2. The van der Waals surface area contributed by atoms with Crippen LogP contribution in [0.3, 0.4) is 0 Å². The van der Waals surface area contributed by atoms with Crippen LogP contribution >= 0.6 is 11.6 Å². The molecule has 0 fully saturated rings. The van der Waals surface area contributed by atoms with E-state index in [1.54, 1.807) is 31.2 Å². The van der Waals surface area contributed by atoms with Gasteiger partial charge in [0, 0.05) is 18.3 Å². The minimum Gasteiger partial charge on any atom is -0.478 e. The summed E-state index contributed by atoms with van der Waals surface area (Å²) in [6, 6.07) is 11.6. The van der Waals surface area contributed by atoms with E-state index in [1.165, 1.54) is 4.90 Å². The van der Waals surface area contributed by atoms with Crippen molar-refractivity contribution in [1.29, 1.82) is 0 Å². The highest BCUT2D eigenvalue weighted by Gasteiger charge is 2.28. The smallest absolute Gasteiger partial charge is 0.274 e. The molecule has 0 aliphatic heterocycles. The molecule has 0 saturated carbocycles. The number of benzene rings is 1. The molecule has 1 N–H and O–H groups in total. The van der Waals surface area contributed by atoms with Crippen molar-refractivity contribution in [1.82, 2.24) is 9.88 Å². The standard InChI is InChI=1S/C20H24ClN3O3/c1-4-13-24(14(3)19(25)22-15-9-7-6-8-10-15)20(26)18-16(21)11-12-17(23-18)27-5-2/h6-12,14H,4-5,13H2,1-3H3,(H,22,25). The highest BCUT2D eigenvalue weighted by Crippen LogP contribution is 2.21. The van der Waals surface area contributed by atoms with Gasteiger partial charge in [-0.15, -0.1) is 0 Å². The molecule has 0 radical (unpaired) electrons. The second kappa shape index (κ2) is 9.92. The van der Waals surface area contributed by atoms with Crippen LogP contribution in [0.2, 0.25) is 5.02 Å². The maximum Gasteiger partial charge on any atom is 0.274 e. The Labute approximate surface area is 164 Å². The Morgan fingerprint density at radius 2 is 1.89 bits per heavy atom. The summed E-state index contributed by atoms with van der Waals surface area (Å²) >= 11 is 6.18. The molecule has 2 rings (SSSR count). The lowest BCUT2D eigenvalue weighted by molar-refractivity contribution is -0.120. The van der Waals surface area contributed by atoms with Gasteiger partial charge >= 0.3 is 0 Å². The van der Waals surface area contributed by atoms with E-state index in [4.69, 9.17) is 16.3 Å². The van der Waals surface area contributed by atoms with Gasteiger partial charge in [-0.05, 0) is 38.5 Å². The number of anilines is 1. The maximum atomic E-state index is 13.1. The molecule has 6 nitrogen and oxygen atoms in total. The summed E-state index contributed by atoms with van der Waals surface area (Å²) in [6.45, 7) is 6.28. The molecule has 0 saturated heterocycles. The molecule has 2 aromatic rings. The van der Waals surface area contributed by atoms with Gasteiger partial charge in [0.15, 0.2) is 5.69 Å². The number of rotatable bonds is 8. The van der Waals surface area contributed by atoms with Crippen LogP contribution in [-0.4, -0.2) is 40.9 Å². The van der Waals surface area contributed by atoms with Crippen LogP contribution in [0, 0.1) is 0 Å². The zero-order valence-corrected chi connectivity index (χ0v) is 16.5. The first-order valence-corrected chi connectivity index (χ1v) is 9.31. The molecule has 1 aromatic carbocycles. The Morgan fingerprint density at radius 1 is 1.19 bits per heavy atom. The molecule has 1 atom stereocenters. The van der Waals surface area contributed by atoms with Gasteiger partial charge in [-0.3, -0.25) is 9.59 Å². The predicted octanol–water partition coefficient (Wildman–Crippen LogP) is 4.01. The normalized spacial score (nSPS) is 11.6. The van der Waals surface area contributed by atoms with Gasteiger partial charge in [-0.25, -0.2) is 4.98 Å². The van der Waals surface area contributed by atoms with Gasteiger partial charge in [-0.2, -0.15) is 0 Å². The van der Waals surface area contributed by atoms with E-state index in [0.29, 0.717) is 31.1 Å². The Balaban J connectivity index is 2.23. The number of carbonyl (C=O) groups is 2. The van der Waals surface area contributed by atoms with Crippen LogP contribution in [-0.2, 0) is 4.79 Å². The summed E-state index contributed by atoms with van der Waals surface area (Å²) in [5.41, 5.74) is 0.753. The lowest BCUT2D eigenvalue weighted by Crippen LogP contribution is -2.46. The number of nitrogens with zero attached hydrogens (tertiary/aromatic N) is 2. The average Bonchev–Trinajstić information content (AvgIpc) is 2.67. The Hall–Kier alpha value is -2.60. The largest absolute Gasteiger partial charge is 0.478 e. The molecule has 1 heterocycles. The Morgan fingerprint density at radius 3 is 2.52 bits per heavy atom. The fraction of sp³-hybridized carbons (Fsp3) is 0.350.